The summed E-state index contributed by atoms with van der Waals surface area (Å²) in [6.45, 7) is -0.250. The lowest BCUT2D eigenvalue weighted by Gasteiger charge is -2.16. The maximum absolute atomic E-state index is 10.4. The number of carboxylic acid groups (broad SMARTS) is 4. The van der Waals surface area contributed by atoms with E-state index in [4.69, 9.17) is 45.6 Å². The molecule has 0 spiro atoms. The fourth-order valence-electron chi connectivity index (χ4n) is 4.60. The minimum atomic E-state index is -0.602. The van der Waals surface area contributed by atoms with E-state index in [1.165, 1.54) is 19.3 Å². The highest BCUT2D eigenvalue weighted by Crippen LogP contribution is 2.36. The molecule has 12 nitrogen and oxygen atoms in total. The molecule has 3 saturated carbocycles. The van der Waals surface area contributed by atoms with Crippen molar-refractivity contribution in [3.63, 3.8) is 0 Å². The third-order valence-corrected chi connectivity index (χ3v) is 6.93. The summed E-state index contributed by atoms with van der Waals surface area (Å²) in [5, 5.41) is 67.3. The Hall–Kier alpha value is -3.70. The van der Waals surface area contributed by atoms with Gasteiger partial charge in [0.2, 0.25) is 0 Å². The molecule has 12 heteroatoms. The first-order chi connectivity index (χ1) is 18.9. The van der Waals surface area contributed by atoms with E-state index in [2.05, 4.69) is 0 Å². The lowest BCUT2D eigenvalue weighted by Crippen LogP contribution is -2.16. The van der Waals surface area contributed by atoms with Crippen LogP contribution in [0.25, 0.3) is 0 Å². The van der Waals surface area contributed by atoms with Crippen LogP contribution in [0.1, 0.15) is 96.3 Å². The van der Waals surface area contributed by atoms with Crippen molar-refractivity contribution in [1.82, 2.24) is 0 Å². The first-order valence-corrected chi connectivity index (χ1v) is 13.6. The van der Waals surface area contributed by atoms with Gasteiger partial charge >= 0.3 is 17.9 Å². The molecule has 0 bridgehead atoms. The Morgan fingerprint density at radius 3 is 0.800 bits per heavy atom. The molecule has 3 aliphatic rings. The van der Waals surface area contributed by atoms with Crippen molar-refractivity contribution < 1.29 is 60.0 Å². The first kappa shape index (κ1) is 36.3. The minimum Gasteiger partial charge on any atom is -0.504 e. The predicted octanol–water partition coefficient (Wildman–Crippen LogP) is 5.16. The molecule has 0 atom stereocenters. The monoisotopic (exact) mass is 572 g/mol. The van der Waals surface area contributed by atoms with Gasteiger partial charge in [-0.15, -0.1) is 0 Å². The van der Waals surface area contributed by atoms with Crippen LogP contribution in [0.3, 0.4) is 0 Å². The molecule has 3 fully saturated rings. The van der Waals surface area contributed by atoms with Gasteiger partial charge in [0.05, 0.1) is 17.8 Å². The Morgan fingerprint density at radius 1 is 0.500 bits per heavy atom. The summed E-state index contributed by atoms with van der Waals surface area (Å²) in [7, 11) is 0. The number of carboxylic acids is 3. The molecule has 0 aliphatic heterocycles. The molecule has 0 saturated heterocycles. The van der Waals surface area contributed by atoms with Gasteiger partial charge in [0.1, 0.15) is 0 Å². The van der Waals surface area contributed by atoms with Gasteiger partial charge in [0, 0.05) is 12.1 Å². The highest BCUT2D eigenvalue weighted by molar-refractivity contribution is 5.70. The zero-order valence-electron chi connectivity index (χ0n) is 22.8. The average Bonchev–Trinajstić information content (AvgIpc) is 2.95. The van der Waals surface area contributed by atoms with E-state index in [9.17, 15) is 14.4 Å². The number of benzene rings is 1. The lowest BCUT2D eigenvalue weighted by atomic mass is 9.90. The van der Waals surface area contributed by atoms with Crippen LogP contribution >= 0.6 is 0 Å². The van der Waals surface area contributed by atoms with E-state index in [1.54, 1.807) is 0 Å². The second kappa shape index (κ2) is 21.2. The highest BCUT2D eigenvalue weighted by atomic mass is 16.4. The lowest BCUT2D eigenvalue weighted by molar-refractivity contribution is -0.143. The topological polar surface area (TPSA) is 230 Å². The smallest absolute Gasteiger partial charge is 0.306 e. The van der Waals surface area contributed by atoms with E-state index >= 15 is 0 Å². The van der Waals surface area contributed by atoms with Crippen LogP contribution in [-0.2, 0) is 19.2 Å². The summed E-state index contributed by atoms with van der Waals surface area (Å²) in [5.74, 6) is -3.74. The van der Waals surface area contributed by atoms with Crippen LogP contribution in [0.4, 0.5) is 0 Å². The molecule has 0 aromatic heterocycles. The number of carbonyl (C=O) groups is 4. The van der Waals surface area contributed by atoms with Crippen LogP contribution in [-0.4, -0.2) is 65.2 Å². The van der Waals surface area contributed by atoms with Crippen LogP contribution in [0.2, 0.25) is 0 Å². The van der Waals surface area contributed by atoms with Gasteiger partial charge in [0.15, 0.2) is 23.0 Å². The van der Waals surface area contributed by atoms with E-state index < -0.39 is 40.9 Å². The Morgan fingerprint density at radius 2 is 0.675 bits per heavy atom. The maximum atomic E-state index is 10.4. The number of phenolic OH excluding ortho intramolecular Hbond substituents is 4. The standard InChI is InChI=1S/3C7H12O2.C6H6O4.CH2O2/c3*8-7(9)6-4-2-1-3-5-6;7-3-1-4(8)6(10)2-5(3)9;2-1-3/h3*6H,1-5H2,(H,8,9);1-2,7-10H;1H,(H,2,3). The maximum Gasteiger partial charge on any atom is 0.306 e. The number of rotatable bonds is 3. The Labute approximate surface area is 233 Å². The number of phenols is 4. The molecule has 0 unspecified atom stereocenters. The SMILES string of the molecule is O=C(O)C1CCCCC1.O=C(O)C1CCCCC1.O=C(O)C1CCCCC1.O=CO.Oc1cc(O)c(O)cc1O. The van der Waals surface area contributed by atoms with Crippen molar-refractivity contribution in [3.05, 3.63) is 12.1 Å². The van der Waals surface area contributed by atoms with Crippen molar-refractivity contribution in [2.24, 2.45) is 17.8 Å². The fraction of sp³-hybridized carbons (Fsp3) is 0.643. The summed E-state index contributed by atoms with van der Waals surface area (Å²) < 4.78 is 0. The Balaban J connectivity index is 0.000000491. The van der Waals surface area contributed by atoms with Gasteiger partial charge in [-0.3, -0.25) is 19.2 Å². The molecular formula is C28H44O12. The quantitative estimate of drug-likeness (QED) is 0.133. The molecule has 3 aliphatic carbocycles. The van der Waals surface area contributed by atoms with Crippen molar-refractivity contribution in [2.45, 2.75) is 96.3 Å². The normalized spacial score (nSPS) is 17.4. The molecule has 0 radical (unpaired) electrons. The predicted molar refractivity (Wildman–Crippen MR) is 144 cm³/mol. The molecule has 1 aromatic rings. The van der Waals surface area contributed by atoms with Gasteiger partial charge in [-0.05, 0) is 38.5 Å². The molecular weight excluding hydrogens is 528 g/mol. The second-order valence-corrected chi connectivity index (χ2v) is 9.95. The molecule has 228 valence electrons. The summed E-state index contributed by atoms with van der Waals surface area (Å²) in [6.07, 6.45) is 15.7. The van der Waals surface area contributed by atoms with Gasteiger partial charge in [0.25, 0.3) is 6.47 Å². The Bertz CT molecular complexity index is 767. The van der Waals surface area contributed by atoms with Crippen LogP contribution < -0.4 is 0 Å². The van der Waals surface area contributed by atoms with Crippen LogP contribution in [0.5, 0.6) is 23.0 Å². The molecule has 40 heavy (non-hydrogen) atoms. The highest BCUT2D eigenvalue weighted by Gasteiger charge is 2.20. The fourth-order valence-corrected chi connectivity index (χ4v) is 4.60. The van der Waals surface area contributed by atoms with Crippen LogP contribution in [0, 0.1) is 17.8 Å². The number of aromatic hydroxyl groups is 4. The largest absolute Gasteiger partial charge is 0.504 e. The Kier molecular flexibility index (Phi) is 19.2. The van der Waals surface area contributed by atoms with Gasteiger partial charge < -0.3 is 40.9 Å². The number of hydrogen-bond acceptors (Lipinski definition) is 8. The minimum absolute atomic E-state index is 0.0289. The average molecular weight is 573 g/mol. The summed E-state index contributed by atoms with van der Waals surface area (Å²) in [4.78, 5) is 39.4. The van der Waals surface area contributed by atoms with Crippen molar-refractivity contribution in [3.8, 4) is 23.0 Å². The molecule has 0 heterocycles. The molecule has 0 amide bonds. The van der Waals surface area contributed by atoms with E-state index in [1.807, 2.05) is 0 Å². The number of aliphatic carboxylic acids is 3. The van der Waals surface area contributed by atoms with Gasteiger partial charge in [-0.2, -0.15) is 0 Å². The van der Waals surface area contributed by atoms with Crippen LogP contribution in [0.15, 0.2) is 12.1 Å². The molecule has 4 rings (SSSR count). The third kappa shape index (κ3) is 16.3. The zero-order valence-corrected chi connectivity index (χ0v) is 22.8. The van der Waals surface area contributed by atoms with Gasteiger partial charge in [-0.25, -0.2) is 0 Å². The summed E-state index contributed by atoms with van der Waals surface area (Å²) in [6, 6.07) is 1.70. The van der Waals surface area contributed by atoms with Crippen molar-refractivity contribution in [1.29, 1.82) is 0 Å². The van der Waals surface area contributed by atoms with Crippen molar-refractivity contribution in [2.75, 3.05) is 0 Å². The number of hydrogen-bond donors (Lipinski definition) is 8. The third-order valence-electron chi connectivity index (χ3n) is 6.93. The molecule has 1 aromatic carbocycles. The summed E-state index contributed by atoms with van der Waals surface area (Å²) in [5.41, 5.74) is 0. The molecule has 8 N–H and O–H groups in total. The first-order valence-electron chi connectivity index (χ1n) is 13.6. The second-order valence-electron chi connectivity index (χ2n) is 9.95. The van der Waals surface area contributed by atoms with Crippen molar-refractivity contribution >= 4 is 24.4 Å². The van der Waals surface area contributed by atoms with Gasteiger partial charge in [-0.1, -0.05) is 57.8 Å². The summed E-state index contributed by atoms with van der Waals surface area (Å²) >= 11 is 0. The zero-order chi connectivity index (χ0) is 30.5. The van der Waals surface area contributed by atoms with E-state index in [-0.39, 0.29) is 24.2 Å². The van der Waals surface area contributed by atoms with E-state index in [0.717, 1.165) is 89.2 Å². The van der Waals surface area contributed by atoms with E-state index in [0.29, 0.717) is 0 Å².